The highest BCUT2D eigenvalue weighted by molar-refractivity contribution is 5.76. The summed E-state index contributed by atoms with van der Waals surface area (Å²) in [6, 6.07) is 17.3. The van der Waals surface area contributed by atoms with Gasteiger partial charge >= 0.3 is 0 Å². The number of para-hydroxylation sites is 2. The van der Waals surface area contributed by atoms with Crippen LogP contribution in [0.1, 0.15) is 48.6 Å². The van der Waals surface area contributed by atoms with E-state index in [1.54, 1.807) is 0 Å². The highest BCUT2D eigenvalue weighted by Gasteiger charge is 2.57. The number of hydrogen-bond acceptors (Lipinski definition) is 6. The summed E-state index contributed by atoms with van der Waals surface area (Å²) in [7, 11) is 0. The van der Waals surface area contributed by atoms with E-state index in [2.05, 4.69) is 27.8 Å². The van der Waals surface area contributed by atoms with Crippen LogP contribution in [0.2, 0.25) is 0 Å². The van der Waals surface area contributed by atoms with Gasteiger partial charge in [-0.25, -0.2) is 13.8 Å². The molecule has 0 amide bonds. The van der Waals surface area contributed by atoms with Crippen molar-refractivity contribution in [2.75, 3.05) is 24.6 Å². The first-order valence-electron chi connectivity index (χ1n) is 13.8. The van der Waals surface area contributed by atoms with E-state index in [4.69, 9.17) is 19.7 Å². The smallest absolute Gasteiger partial charge is 0.215 e. The summed E-state index contributed by atoms with van der Waals surface area (Å²) in [5.74, 6) is 1.12. The number of piperidine rings is 1. The van der Waals surface area contributed by atoms with Crippen LogP contribution in [-0.2, 0) is 17.9 Å². The first-order chi connectivity index (χ1) is 19.5. The summed E-state index contributed by atoms with van der Waals surface area (Å²) in [5, 5.41) is 8.93. The molecule has 1 unspecified atom stereocenters. The van der Waals surface area contributed by atoms with Crippen molar-refractivity contribution in [3.63, 3.8) is 0 Å². The van der Waals surface area contributed by atoms with Crippen molar-refractivity contribution >= 4 is 16.9 Å². The van der Waals surface area contributed by atoms with Crippen molar-refractivity contribution in [3.8, 4) is 11.9 Å². The molecule has 0 bridgehead atoms. The number of fused-ring (bicyclic) bond motifs is 1. The zero-order chi connectivity index (χ0) is 27.3. The molecule has 2 aliphatic heterocycles. The largest absolute Gasteiger partial charge is 0.473 e. The van der Waals surface area contributed by atoms with Crippen LogP contribution in [0.5, 0.6) is 5.88 Å². The van der Waals surface area contributed by atoms with E-state index in [1.807, 2.05) is 17.0 Å². The molecule has 3 fully saturated rings. The van der Waals surface area contributed by atoms with Crippen molar-refractivity contribution in [1.29, 1.82) is 5.26 Å². The van der Waals surface area contributed by atoms with Crippen molar-refractivity contribution in [1.82, 2.24) is 14.5 Å². The Morgan fingerprint density at radius 3 is 2.62 bits per heavy atom. The molecule has 1 aliphatic carbocycles. The van der Waals surface area contributed by atoms with E-state index in [0.717, 1.165) is 55.7 Å². The monoisotopic (exact) mass is 541 g/mol. The van der Waals surface area contributed by atoms with Gasteiger partial charge in [0.2, 0.25) is 5.88 Å². The number of anilines is 1. The number of rotatable bonds is 7. The van der Waals surface area contributed by atoms with Crippen LogP contribution in [-0.4, -0.2) is 40.3 Å². The predicted molar refractivity (Wildman–Crippen MR) is 145 cm³/mol. The van der Waals surface area contributed by atoms with Gasteiger partial charge in [0, 0.05) is 37.2 Å². The second kappa shape index (κ2) is 9.86. The van der Waals surface area contributed by atoms with Gasteiger partial charge in [0.05, 0.1) is 35.3 Å². The van der Waals surface area contributed by atoms with Gasteiger partial charge in [-0.05, 0) is 61.4 Å². The van der Waals surface area contributed by atoms with Gasteiger partial charge in [-0.3, -0.25) is 0 Å². The molecule has 4 heterocycles. The Labute approximate surface area is 231 Å². The Morgan fingerprint density at radius 2 is 1.88 bits per heavy atom. The molecular weight excluding hydrogens is 512 g/mol. The normalized spacial score (nSPS) is 21.3. The van der Waals surface area contributed by atoms with Crippen LogP contribution in [0.3, 0.4) is 0 Å². The fraction of sp³-hybridized carbons (Fsp3) is 0.387. The molecule has 4 aromatic rings. The van der Waals surface area contributed by atoms with Gasteiger partial charge in [-0.2, -0.15) is 10.2 Å². The molecule has 2 aromatic carbocycles. The average molecular weight is 542 g/mol. The van der Waals surface area contributed by atoms with E-state index in [1.165, 1.54) is 30.3 Å². The average Bonchev–Trinajstić information content (AvgIpc) is 3.51. The van der Waals surface area contributed by atoms with E-state index in [0.29, 0.717) is 24.6 Å². The number of nitrogens with zero attached hydrogens (tertiary/aromatic N) is 5. The summed E-state index contributed by atoms with van der Waals surface area (Å²) >= 11 is 0. The minimum Gasteiger partial charge on any atom is -0.473 e. The Balaban J connectivity index is 1.04. The molecule has 7 rings (SSSR count). The van der Waals surface area contributed by atoms with Crippen LogP contribution < -0.4 is 9.64 Å². The highest BCUT2D eigenvalue weighted by Crippen LogP contribution is 2.65. The lowest BCUT2D eigenvalue weighted by molar-refractivity contribution is -0.0590. The molecule has 2 atom stereocenters. The molecule has 7 nitrogen and oxygen atoms in total. The molecule has 0 radical (unpaired) electrons. The second-order valence-electron chi connectivity index (χ2n) is 11.1. The van der Waals surface area contributed by atoms with E-state index >= 15 is 0 Å². The maximum atomic E-state index is 14.9. The van der Waals surface area contributed by atoms with Crippen molar-refractivity contribution in [2.45, 2.75) is 50.9 Å². The van der Waals surface area contributed by atoms with Crippen LogP contribution in [0.15, 0.2) is 54.6 Å². The van der Waals surface area contributed by atoms with Crippen molar-refractivity contribution in [3.05, 3.63) is 83.2 Å². The summed E-state index contributed by atoms with van der Waals surface area (Å²) in [6.07, 6.45) is 4.29. The third-order valence-corrected chi connectivity index (χ3v) is 8.78. The number of nitriles is 1. The minimum atomic E-state index is -0.518. The SMILES string of the molecule is N#Cc1ccc(COc2ccc(F)c(N3CCC4(CC3)CC4c3nc4ccccc4n3C[C@@H]3CCO3)n2)c(F)c1. The number of pyridine rings is 1. The van der Waals surface area contributed by atoms with E-state index in [-0.39, 0.29) is 35.4 Å². The minimum absolute atomic E-state index is 0.0622. The molecule has 3 aliphatic rings. The lowest BCUT2D eigenvalue weighted by Crippen LogP contribution is -2.36. The maximum Gasteiger partial charge on any atom is 0.215 e. The lowest BCUT2D eigenvalue weighted by atomic mass is 9.90. The topological polar surface area (TPSA) is 76.2 Å². The van der Waals surface area contributed by atoms with Crippen LogP contribution in [0.4, 0.5) is 14.6 Å². The molecule has 1 spiro atoms. The Bertz CT molecular complexity index is 1620. The van der Waals surface area contributed by atoms with E-state index < -0.39 is 11.6 Å². The zero-order valence-electron chi connectivity index (χ0n) is 22.0. The molecule has 2 saturated heterocycles. The molecular formula is C31H29F2N5O2. The molecule has 2 aromatic heterocycles. The molecule has 40 heavy (non-hydrogen) atoms. The maximum absolute atomic E-state index is 14.9. The van der Waals surface area contributed by atoms with Crippen LogP contribution in [0.25, 0.3) is 11.0 Å². The summed E-state index contributed by atoms with van der Waals surface area (Å²) < 4.78 is 42.9. The van der Waals surface area contributed by atoms with Crippen LogP contribution in [0, 0.1) is 28.4 Å². The standard InChI is InChI=1S/C31H29F2N5O2/c32-24-7-8-28(40-19-21-6-5-20(17-34)15-25(21)33)36-30(24)37-12-10-31(11-13-37)16-23(31)29-35-26-3-1-2-4-27(26)38(29)18-22-9-14-39-22/h1-8,15,22-23H,9-14,16,18-19H2/t22-,23?/m0/s1. The van der Waals surface area contributed by atoms with Gasteiger partial charge in [0.15, 0.2) is 11.6 Å². The molecule has 9 heteroatoms. The van der Waals surface area contributed by atoms with Crippen molar-refractivity contribution < 1.29 is 18.3 Å². The Morgan fingerprint density at radius 1 is 1.05 bits per heavy atom. The molecule has 1 saturated carbocycles. The number of ether oxygens (including phenoxy) is 2. The summed E-state index contributed by atoms with van der Waals surface area (Å²) in [6.45, 7) is 3.00. The molecule has 0 N–H and O–H groups in total. The number of aromatic nitrogens is 3. The van der Waals surface area contributed by atoms with Gasteiger partial charge < -0.3 is 18.9 Å². The summed E-state index contributed by atoms with van der Waals surface area (Å²) in [4.78, 5) is 11.5. The number of halogens is 2. The third-order valence-electron chi connectivity index (χ3n) is 8.78. The predicted octanol–water partition coefficient (Wildman–Crippen LogP) is 5.72. The Kier molecular flexibility index (Phi) is 6.16. The number of benzene rings is 2. The Hall–Kier alpha value is -4.03. The van der Waals surface area contributed by atoms with Gasteiger partial charge in [0.25, 0.3) is 0 Å². The third kappa shape index (κ3) is 4.46. The van der Waals surface area contributed by atoms with Gasteiger partial charge in [0.1, 0.15) is 18.2 Å². The fourth-order valence-electron chi connectivity index (χ4n) is 6.22. The first-order valence-corrected chi connectivity index (χ1v) is 13.8. The van der Waals surface area contributed by atoms with E-state index in [9.17, 15) is 8.78 Å². The number of imidazole rings is 1. The lowest BCUT2D eigenvalue weighted by Gasteiger charge is -2.34. The zero-order valence-corrected chi connectivity index (χ0v) is 22.0. The van der Waals surface area contributed by atoms with Gasteiger partial charge in [-0.1, -0.05) is 18.2 Å². The first kappa shape index (κ1) is 25.0. The number of hydrogen-bond donors (Lipinski definition) is 0. The quantitative estimate of drug-likeness (QED) is 0.298. The highest BCUT2D eigenvalue weighted by atomic mass is 19.1. The second-order valence-corrected chi connectivity index (χ2v) is 11.1. The summed E-state index contributed by atoms with van der Waals surface area (Å²) in [5.41, 5.74) is 2.92. The fourth-order valence-corrected chi connectivity index (χ4v) is 6.22. The molecule has 204 valence electrons. The van der Waals surface area contributed by atoms with Crippen LogP contribution >= 0.6 is 0 Å². The van der Waals surface area contributed by atoms with Gasteiger partial charge in [-0.15, -0.1) is 0 Å². The van der Waals surface area contributed by atoms with Crippen molar-refractivity contribution in [2.24, 2.45) is 5.41 Å².